The molecule has 3 rings (SSSR count). The van der Waals surface area contributed by atoms with Crippen LogP contribution < -0.4 is 4.74 Å². The molecule has 3 nitrogen and oxygen atoms in total. The van der Waals surface area contributed by atoms with E-state index >= 15 is 0 Å². The summed E-state index contributed by atoms with van der Waals surface area (Å²) in [5, 5.41) is 0.472. The van der Waals surface area contributed by atoms with Gasteiger partial charge in [-0.15, -0.1) is 0 Å². The van der Waals surface area contributed by atoms with Crippen molar-refractivity contribution >= 4 is 17.7 Å². The fourth-order valence-corrected chi connectivity index (χ4v) is 4.54. The molecule has 0 aliphatic carbocycles. The van der Waals surface area contributed by atoms with Gasteiger partial charge in [0.05, 0.1) is 6.61 Å². The summed E-state index contributed by atoms with van der Waals surface area (Å²) in [7, 11) is 0. The van der Waals surface area contributed by atoms with Gasteiger partial charge in [-0.25, -0.2) is 0 Å². The third kappa shape index (κ3) is 4.37. The number of aryl methyl sites for hydroxylation is 1. The lowest BCUT2D eigenvalue weighted by atomic mass is 10.0. The van der Waals surface area contributed by atoms with Gasteiger partial charge in [-0.3, -0.25) is 4.79 Å². The predicted octanol–water partition coefficient (Wildman–Crippen LogP) is 4.71. The van der Waals surface area contributed by atoms with Gasteiger partial charge in [-0.2, -0.15) is 11.8 Å². The van der Waals surface area contributed by atoms with Crippen LogP contribution in [-0.4, -0.2) is 36.3 Å². The molecule has 1 fully saturated rings. The Morgan fingerprint density at radius 3 is 2.64 bits per heavy atom. The van der Waals surface area contributed by atoms with Crippen molar-refractivity contribution in [2.75, 3.05) is 25.4 Å². The van der Waals surface area contributed by atoms with E-state index in [1.54, 1.807) is 0 Å². The first-order valence-corrected chi connectivity index (χ1v) is 9.93. The first-order valence-electron chi connectivity index (χ1n) is 8.88. The number of thioether (sulfide) groups is 1. The van der Waals surface area contributed by atoms with Crippen LogP contribution in [0.1, 0.15) is 40.1 Å². The molecule has 25 heavy (non-hydrogen) atoms. The Hall–Kier alpha value is -1.94. The average Bonchev–Trinajstić information content (AvgIpc) is 2.88. The summed E-state index contributed by atoms with van der Waals surface area (Å²) in [5.41, 5.74) is 3.48. The molecule has 0 spiro atoms. The van der Waals surface area contributed by atoms with Crippen LogP contribution in [0.2, 0.25) is 0 Å². The molecule has 132 valence electrons. The Labute approximate surface area is 154 Å². The van der Waals surface area contributed by atoms with Crippen LogP contribution in [0.4, 0.5) is 0 Å². The molecule has 1 atom stereocenters. The molecule has 2 aromatic rings. The van der Waals surface area contributed by atoms with E-state index in [4.69, 9.17) is 4.74 Å². The topological polar surface area (TPSA) is 29.5 Å². The number of carbonyl (C=O) groups excluding carboxylic acids is 1. The first-order chi connectivity index (χ1) is 12.2. The summed E-state index contributed by atoms with van der Waals surface area (Å²) >= 11 is 1.96. The van der Waals surface area contributed by atoms with Crippen LogP contribution in [0.15, 0.2) is 48.5 Å². The maximum atomic E-state index is 12.8. The summed E-state index contributed by atoms with van der Waals surface area (Å²) in [5.74, 6) is 1.90. The second kappa shape index (κ2) is 8.43. The highest BCUT2D eigenvalue weighted by Crippen LogP contribution is 2.36. The van der Waals surface area contributed by atoms with Crippen LogP contribution in [0.3, 0.4) is 0 Å². The van der Waals surface area contributed by atoms with E-state index < -0.39 is 0 Å². The molecule has 1 amide bonds. The minimum atomic E-state index is 0.120. The molecule has 1 aliphatic heterocycles. The van der Waals surface area contributed by atoms with E-state index in [2.05, 4.69) is 31.2 Å². The summed E-state index contributed by atoms with van der Waals surface area (Å²) in [4.78, 5) is 14.8. The lowest BCUT2D eigenvalue weighted by Crippen LogP contribution is -2.32. The molecule has 4 heteroatoms. The van der Waals surface area contributed by atoms with Crippen molar-refractivity contribution in [1.29, 1.82) is 0 Å². The van der Waals surface area contributed by atoms with Gasteiger partial charge in [-0.1, -0.05) is 24.3 Å². The molecule has 0 saturated carbocycles. The molecular weight excluding hydrogens is 330 g/mol. The van der Waals surface area contributed by atoms with Gasteiger partial charge in [0.2, 0.25) is 0 Å². The Balaban J connectivity index is 1.66. The SMILES string of the molecule is CCOc1ccc(C(=O)N2CCSC(c3ccccc3C)CC2)cc1. The molecule has 0 N–H and O–H groups in total. The molecule has 0 bridgehead atoms. The number of ether oxygens (including phenoxy) is 1. The smallest absolute Gasteiger partial charge is 0.253 e. The zero-order chi connectivity index (χ0) is 17.6. The zero-order valence-corrected chi connectivity index (χ0v) is 15.7. The normalized spacial score (nSPS) is 17.8. The summed E-state index contributed by atoms with van der Waals surface area (Å²) in [6.07, 6.45) is 0.998. The van der Waals surface area contributed by atoms with Crippen molar-refractivity contribution in [3.8, 4) is 5.75 Å². The minimum absolute atomic E-state index is 0.120. The van der Waals surface area contributed by atoms with Gasteiger partial charge in [-0.05, 0) is 55.7 Å². The Morgan fingerprint density at radius 1 is 1.16 bits per heavy atom. The number of amides is 1. The molecule has 2 aromatic carbocycles. The van der Waals surface area contributed by atoms with Gasteiger partial charge >= 0.3 is 0 Å². The Morgan fingerprint density at radius 2 is 1.92 bits per heavy atom. The van der Waals surface area contributed by atoms with E-state index in [9.17, 15) is 4.79 Å². The maximum absolute atomic E-state index is 12.8. The van der Waals surface area contributed by atoms with Crippen molar-refractivity contribution < 1.29 is 9.53 Å². The summed E-state index contributed by atoms with van der Waals surface area (Å²) < 4.78 is 5.45. The average molecular weight is 356 g/mol. The van der Waals surface area contributed by atoms with E-state index in [0.717, 1.165) is 36.6 Å². The number of benzene rings is 2. The lowest BCUT2D eigenvalue weighted by Gasteiger charge is -2.21. The molecule has 1 unspecified atom stereocenters. The second-order valence-electron chi connectivity index (χ2n) is 6.25. The highest BCUT2D eigenvalue weighted by atomic mass is 32.2. The fourth-order valence-electron chi connectivity index (χ4n) is 3.21. The molecule has 0 radical (unpaired) electrons. The van der Waals surface area contributed by atoms with Gasteiger partial charge < -0.3 is 9.64 Å². The van der Waals surface area contributed by atoms with Gasteiger partial charge in [0, 0.05) is 29.7 Å². The maximum Gasteiger partial charge on any atom is 0.253 e. The monoisotopic (exact) mass is 355 g/mol. The van der Waals surface area contributed by atoms with Crippen molar-refractivity contribution in [2.24, 2.45) is 0 Å². The molecule has 1 heterocycles. The van der Waals surface area contributed by atoms with Crippen molar-refractivity contribution in [1.82, 2.24) is 4.90 Å². The van der Waals surface area contributed by atoms with Gasteiger partial charge in [0.1, 0.15) is 5.75 Å². The highest BCUT2D eigenvalue weighted by Gasteiger charge is 2.23. The van der Waals surface area contributed by atoms with E-state index in [1.165, 1.54) is 11.1 Å². The van der Waals surface area contributed by atoms with E-state index in [-0.39, 0.29) is 5.91 Å². The predicted molar refractivity (Wildman–Crippen MR) is 105 cm³/mol. The van der Waals surface area contributed by atoms with Crippen LogP contribution >= 0.6 is 11.8 Å². The number of carbonyl (C=O) groups is 1. The largest absolute Gasteiger partial charge is 0.494 e. The van der Waals surface area contributed by atoms with Crippen LogP contribution in [0.25, 0.3) is 0 Å². The van der Waals surface area contributed by atoms with Crippen LogP contribution in [-0.2, 0) is 0 Å². The summed E-state index contributed by atoms with van der Waals surface area (Å²) in [6.45, 7) is 6.37. The van der Waals surface area contributed by atoms with Crippen LogP contribution in [0, 0.1) is 6.92 Å². The van der Waals surface area contributed by atoms with E-state index in [0.29, 0.717) is 11.9 Å². The molecular formula is C21H25NO2S. The number of hydrogen-bond donors (Lipinski definition) is 0. The third-order valence-corrected chi connectivity index (χ3v) is 5.89. The third-order valence-electron chi connectivity index (χ3n) is 4.58. The lowest BCUT2D eigenvalue weighted by molar-refractivity contribution is 0.0766. The first kappa shape index (κ1) is 17.9. The Bertz CT molecular complexity index is 714. The fraction of sp³-hybridized carbons (Fsp3) is 0.381. The van der Waals surface area contributed by atoms with Gasteiger partial charge in [0.15, 0.2) is 0 Å². The highest BCUT2D eigenvalue weighted by molar-refractivity contribution is 7.99. The second-order valence-corrected chi connectivity index (χ2v) is 7.56. The minimum Gasteiger partial charge on any atom is -0.494 e. The molecule has 1 aliphatic rings. The Kier molecular flexibility index (Phi) is 6.03. The van der Waals surface area contributed by atoms with Crippen molar-refractivity contribution in [3.63, 3.8) is 0 Å². The molecule has 1 saturated heterocycles. The van der Waals surface area contributed by atoms with Crippen molar-refractivity contribution in [2.45, 2.75) is 25.5 Å². The number of rotatable bonds is 4. The number of nitrogens with zero attached hydrogens (tertiary/aromatic N) is 1. The summed E-state index contributed by atoms with van der Waals surface area (Å²) in [6, 6.07) is 16.1. The zero-order valence-electron chi connectivity index (χ0n) is 14.9. The number of hydrogen-bond acceptors (Lipinski definition) is 3. The van der Waals surface area contributed by atoms with Crippen LogP contribution in [0.5, 0.6) is 5.75 Å². The van der Waals surface area contributed by atoms with E-state index in [1.807, 2.05) is 47.9 Å². The molecule has 0 aromatic heterocycles. The standard InChI is InChI=1S/C21H25NO2S/c1-3-24-18-10-8-17(9-11-18)21(23)22-13-12-20(25-15-14-22)19-7-5-4-6-16(19)2/h4-11,20H,3,12-15H2,1-2H3. The quantitative estimate of drug-likeness (QED) is 0.795. The van der Waals surface area contributed by atoms with Gasteiger partial charge in [0.25, 0.3) is 5.91 Å². The van der Waals surface area contributed by atoms with Crippen molar-refractivity contribution in [3.05, 3.63) is 65.2 Å².